The first-order valence-corrected chi connectivity index (χ1v) is 5.48. The molecule has 0 amide bonds. The van der Waals surface area contributed by atoms with E-state index in [1.807, 2.05) is 6.92 Å². The van der Waals surface area contributed by atoms with Gasteiger partial charge in [0, 0.05) is 12.1 Å². The van der Waals surface area contributed by atoms with Crippen molar-refractivity contribution < 1.29 is 5.11 Å². The van der Waals surface area contributed by atoms with E-state index >= 15 is 0 Å². The zero-order valence-electron chi connectivity index (χ0n) is 10.0. The van der Waals surface area contributed by atoms with Crippen LogP contribution in [0.25, 0.3) is 0 Å². The van der Waals surface area contributed by atoms with E-state index in [1.165, 1.54) is 16.7 Å². The molecule has 0 aliphatic heterocycles. The molecule has 0 saturated carbocycles. The Balaban J connectivity index is 2.77. The van der Waals surface area contributed by atoms with Crippen LogP contribution in [0, 0.1) is 13.8 Å². The molecule has 0 fully saturated rings. The van der Waals surface area contributed by atoms with Crippen LogP contribution in [0.2, 0.25) is 0 Å². The topological polar surface area (TPSA) is 32.3 Å². The summed E-state index contributed by atoms with van der Waals surface area (Å²) in [6.07, 6.45) is 0. The van der Waals surface area contributed by atoms with Gasteiger partial charge < -0.3 is 10.4 Å². The highest BCUT2D eigenvalue weighted by molar-refractivity contribution is 5.32. The van der Waals surface area contributed by atoms with E-state index in [2.05, 4.69) is 44.3 Å². The molecule has 84 valence electrons. The van der Waals surface area contributed by atoms with Crippen molar-refractivity contribution in [3.63, 3.8) is 0 Å². The van der Waals surface area contributed by atoms with Gasteiger partial charge >= 0.3 is 0 Å². The van der Waals surface area contributed by atoms with E-state index in [0.717, 1.165) is 0 Å². The quantitative estimate of drug-likeness (QED) is 0.794. The Bertz CT molecular complexity index is 322. The molecule has 0 aliphatic rings. The fraction of sp³-hybridized carbons (Fsp3) is 0.538. The molecule has 2 N–H and O–H groups in total. The molecule has 2 atom stereocenters. The summed E-state index contributed by atoms with van der Waals surface area (Å²) in [7, 11) is 0. The van der Waals surface area contributed by atoms with Gasteiger partial charge in [-0.1, -0.05) is 23.8 Å². The first-order chi connectivity index (χ1) is 7.04. The molecule has 2 nitrogen and oxygen atoms in total. The summed E-state index contributed by atoms with van der Waals surface area (Å²) in [5, 5.41) is 12.3. The molecule has 1 rings (SSSR count). The highest BCUT2D eigenvalue weighted by atomic mass is 16.3. The number of benzene rings is 1. The number of aliphatic hydroxyl groups excluding tert-OH is 1. The Hall–Kier alpha value is -0.860. The molecule has 0 spiro atoms. The molecule has 15 heavy (non-hydrogen) atoms. The predicted octanol–water partition coefficient (Wildman–Crippen LogP) is 2.33. The number of aryl methyl sites for hydroxylation is 2. The maximum Gasteiger partial charge on any atom is 0.0582 e. The van der Waals surface area contributed by atoms with Gasteiger partial charge in [-0.05, 0) is 38.8 Å². The maximum absolute atomic E-state index is 8.98. The minimum atomic E-state index is 0.140. The second kappa shape index (κ2) is 5.29. The lowest BCUT2D eigenvalue weighted by Crippen LogP contribution is -2.32. The summed E-state index contributed by atoms with van der Waals surface area (Å²) >= 11 is 0. The Kier molecular flexibility index (Phi) is 4.30. The van der Waals surface area contributed by atoms with Crippen molar-refractivity contribution in [2.45, 2.75) is 39.8 Å². The van der Waals surface area contributed by atoms with E-state index in [9.17, 15) is 0 Å². The van der Waals surface area contributed by atoms with Crippen LogP contribution in [0.3, 0.4) is 0 Å². The Morgan fingerprint density at radius 3 is 2.47 bits per heavy atom. The number of aliphatic hydroxyl groups is 1. The molecule has 0 saturated heterocycles. The Morgan fingerprint density at radius 1 is 1.27 bits per heavy atom. The minimum Gasteiger partial charge on any atom is -0.395 e. The van der Waals surface area contributed by atoms with Crippen LogP contribution in [-0.4, -0.2) is 17.8 Å². The Labute approximate surface area is 92.3 Å². The van der Waals surface area contributed by atoms with Gasteiger partial charge in [0.25, 0.3) is 0 Å². The summed E-state index contributed by atoms with van der Waals surface area (Å²) in [5.74, 6) is 0. The second-order valence-corrected chi connectivity index (χ2v) is 4.33. The highest BCUT2D eigenvalue weighted by Crippen LogP contribution is 2.18. The molecule has 0 aliphatic carbocycles. The van der Waals surface area contributed by atoms with E-state index in [1.54, 1.807) is 0 Å². The average Bonchev–Trinajstić information content (AvgIpc) is 2.17. The summed E-state index contributed by atoms with van der Waals surface area (Å²) in [6.45, 7) is 8.52. The molecule has 0 aromatic heterocycles. The summed E-state index contributed by atoms with van der Waals surface area (Å²) in [4.78, 5) is 0. The van der Waals surface area contributed by atoms with Crippen molar-refractivity contribution in [1.29, 1.82) is 0 Å². The smallest absolute Gasteiger partial charge is 0.0582 e. The first-order valence-electron chi connectivity index (χ1n) is 5.48. The molecule has 0 unspecified atom stereocenters. The van der Waals surface area contributed by atoms with E-state index in [0.29, 0.717) is 0 Å². The van der Waals surface area contributed by atoms with Crippen LogP contribution >= 0.6 is 0 Å². The number of hydrogen-bond donors (Lipinski definition) is 2. The van der Waals surface area contributed by atoms with Gasteiger partial charge in [0.2, 0.25) is 0 Å². The van der Waals surface area contributed by atoms with Crippen LogP contribution in [-0.2, 0) is 0 Å². The van der Waals surface area contributed by atoms with Gasteiger partial charge in [-0.25, -0.2) is 0 Å². The van der Waals surface area contributed by atoms with Crippen molar-refractivity contribution in [2.75, 3.05) is 6.61 Å². The normalized spacial score (nSPS) is 15.0. The molecular weight excluding hydrogens is 186 g/mol. The number of hydrogen-bond acceptors (Lipinski definition) is 2. The number of rotatable bonds is 4. The van der Waals surface area contributed by atoms with Crippen LogP contribution in [0.5, 0.6) is 0 Å². The zero-order chi connectivity index (χ0) is 11.4. The third-order valence-electron chi connectivity index (χ3n) is 2.70. The lowest BCUT2D eigenvalue weighted by molar-refractivity contribution is 0.243. The van der Waals surface area contributed by atoms with Crippen LogP contribution < -0.4 is 5.32 Å². The van der Waals surface area contributed by atoms with E-state index < -0.39 is 0 Å². The maximum atomic E-state index is 8.98. The molecule has 1 aromatic carbocycles. The van der Waals surface area contributed by atoms with E-state index in [-0.39, 0.29) is 18.7 Å². The fourth-order valence-electron chi connectivity index (χ4n) is 1.88. The van der Waals surface area contributed by atoms with Gasteiger partial charge in [-0.15, -0.1) is 0 Å². The van der Waals surface area contributed by atoms with Gasteiger partial charge in [-0.2, -0.15) is 0 Å². The fourth-order valence-corrected chi connectivity index (χ4v) is 1.88. The molecule has 0 bridgehead atoms. The monoisotopic (exact) mass is 207 g/mol. The van der Waals surface area contributed by atoms with Crippen molar-refractivity contribution >= 4 is 0 Å². The Morgan fingerprint density at radius 2 is 1.93 bits per heavy atom. The van der Waals surface area contributed by atoms with Crippen LogP contribution in [0.1, 0.15) is 36.6 Å². The molecule has 2 heteroatoms. The largest absolute Gasteiger partial charge is 0.395 e. The predicted molar refractivity (Wildman–Crippen MR) is 64.0 cm³/mol. The number of nitrogens with one attached hydrogen (secondary N) is 1. The first kappa shape index (κ1) is 12.2. The minimum absolute atomic E-state index is 0.140. The van der Waals surface area contributed by atoms with Gasteiger partial charge in [0.05, 0.1) is 6.61 Å². The summed E-state index contributed by atoms with van der Waals surface area (Å²) in [5.41, 5.74) is 3.90. The standard InChI is InChI=1S/C13H21NO/c1-9-5-6-13(10(2)7-9)12(4)14-11(3)8-15/h5-7,11-12,14-15H,8H2,1-4H3/t11-,12+/m1/s1. The molecule has 0 radical (unpaired) electrons. The van der Waals surface area contributed by atoms with Crippen molar-refractivity contribution in [3.05, 3.63) is 34.9 Å². The highest BCUT2D eigenvalue weighted by Gasteiger charge is 2.10. The third kappa shape index (κ3) is 3.33. The van der Waals surface area contributed by atoms with Crippen LogP contribution in [0.15, 0.2) is 18.2 Å². The molecule has 1 aromatic rings. The zero-order valence-corrected chi connectivity index (χ0v) is 10.0. The third-order valence-corrected chi connectivity index (χ3v) is 2.70. The van der Waals surface area contributed by atoms with Crippen molar-refractivity contribution in [1.82, 2.24) is 5.32 Å². The van der Waals surface area contributed by atoms with E-state index in [4.69, 9.17) is 5.11 Å². The lowest BCUT2D eigenvalue weighted by atomic mass is 10.00. The van der Waals surface area contributed by atoms with Crippen molar-refractivity contribution in [2.24, 2.45) is 0 Å². The molecular formula is C13H21NO. The van der Waals surface area contributed by atoms with Crippen molar-refractivity contribution in [3.8, 4) is 0 Å². The van der Waals surface area contributed by atoms with Gasteiger partial charge in [-0.3, -0.25) is 0 Å². The van der Waals surface area contributed by atoms with Gasteiger partial charge in [0.1, 0.15) is 0 Å². The SMILES string of the molecule is Cc1ccc([C@H](C)N[C@H](C)CO)c(C)c1. The average molecular weight is 207 g/mol. The summed E-state index contributed by atoms with van der Waals surface area (Å²) in [6, 6.07) is 6.90. The van der Waals surface area contributed by atoms with Crippen LogP contribution in [0.4, 0.5) is 0 Å². The second-order valence-electron chi connectivity index (χ2n) is 4.33. The molecule has 0 heterocycles. The summed E-state index contributed by atoms with van der Waals surface area (Å²) < 4.78 is 0. The van der Waals surface area contributed by atoms with Gasteiger partial charge in [0.15, 0.2) is 0 Å². The lowest BCUT2D eigenvalue weighted by Gasteiger charge is -2.20.